The van der Waals surface area contributed by atoms with Gasteiger partial charge in [-0.05, 0) is 54.0 Å². The van der Waals surface area contributed by atoms with Crippen molar-refractivity contribution >= 4 is 34.2 Å². The Bertz CT molecular complexity index is 679. The van der Waals surface area contributed by atoms with E-state index in [1.165, 1.54) is 0 Å². The van der Waals surface area contributed by atoms with Gasteiger partial charge in [0.25, 0.3) is 5.91 Å². The number of carbonyl (C=O) groups excluding carboxylic acids is 1. The predicted molar refractivity (Wildman–Crippen MR) is 102 cm³/mol. The Kier molecular flexibility index (Phi) is 9.55. The molecular weight excluding hydrogens is 410 g/mol. The maximum atomic E-state index is 12.1. The number of nitrogens with one attached hydrogen (secondary N) is 2. The number of ether oxygens (including phenoxy) is 1. The van der Waals surface area contributed by atoms with Crippen molar-refractivity contribution in [3.8, 4) is 5.75 Å². The van der Waals surface area contributed by atoms with E-state index in [-0.39, 0.29) is 18.3 Å². The topological polar surface area (TPSA) is 76.4 Å². The van der Waals surface area contributed by atoms with Gasteiger partial charge in [-0.1, -0.05) is 12.1 Å². The number of hydrogen-bond acceptors (Lipinski definition) is 5. The lowest BCUT2D eigenvalue weighted by Crippen LogP contribution is -2.32. The minimum absolute atomic E-state index is 0. The largest absolute Gasteiger partial charge is 0.486 e. The third-order valence-corrected chi connectivity index (χ3v) is 3.88. The lowest BCUT2D eigenvalue weighted by atomic mass is 10.2. The second-order valence-corrected chi connectivity index (χ2v) is 6.22. The van der Waals surface area contributed by atoms with E-state index >= 15 is 0 Å². The van der Waals surface area contributed by atoms with Crippen molar-refractivity contribution in [2.24, 2.45) is 0 Å². The van der Waals surface area contributed by atoms with Crippen LogP contribution in [-0.2, 0) is 6.61 Å². The molecule has 0 radical (unpaired) electrons. The van der Waals surface area contributed by atoms with Crippen LogP contribution in [0.5, 0.6) is 5.75 Å². The zero-order valence-corrected chi connectivity index (χ0v) is 16.7. The molecule has 0 saturated carbocycles. The van der Waals surface area contributed by atoms with Gasteiger partial charge in [-0.3, -0.25) is 4.79 Å². The first kappa shape index (κ1) is 21.5. The molecule has 1 amide bonds. The zero-order valence-electron chi connectivity index (χ0n) is 14.3. The van der Waals surface area contributed by atoms with Crippen LogP contribution < -0.4 is 15.4 Å². The fraction of sp³-hybridized carbons (Fsp3) is 0.412. The first-order valence-corrected chi connectivity index (χ1v) is 8.73. The number of benzene rings is 1. The van der Waals surface area contributed by atoms with Crippen molar-refractivity contribution in [3.05, 3.63) is 45.8 Å². The second-order valence-electron chi connectivity index (χ2n) is 5.37. The summed E-state index contributed by atoms with van der Waals surface area (Å²) in [7, 11) is 0. The molecule has 0 spiro atoms. The summed E-state index contributed by atoms with van der Waals surface area (Å²) in [5.41, 5.74) is 1.31. The highest BCUT2D eigenvalue weighted by atomic mass is 79.9. The lowest BCUT2D eigenvalue weighted by Gasteiger charge is -2.09. The normalized spacial score (nSPS) is 10.2. The average Bonchev–Trinajstić information content (AvgIpc) is 2.98. The summed E-state index contributed by atoms with van der Waals surface area (Å²) >= 11 is 3.44. The maximum Gasteiger partial charge on any atom is 0.251 e. The van der Waals surface area contributed by atoms with Gasteiger partial charge in [-0.2, -0.15) is 0 Å². The average molecular weight is 433 g/mol. The smallest absolute Gasteiger partial charge is 0.251 e. The molecule has 0 bridgehead atoms. The van der Waals surface area contributed by atoms with Crippen LogP contribution in [0.1, 0.15) is 35.2 Å². The Labute approximate surface area is 162 Å². The van der Waals surface area contributed by atoms with Crippen molar-refractivity contribution in [2.45, 2.75) is 26.9 Å². The lowest BCUT2D eigenvalue weighted by molar-refractivity contribution is 0.0954. The van der Waals surface area contributed by atoms with Crippen LogP contribution in [-0.4, -0.2) is 30.7 Å². The van der Waals surface area contributed by atoms with E-state index < -0.39 is 0 Å². The van der Waals surface area contributed by atoms with E-state index in [1.54, 1.807) is 18.2 Å². The Morgan fingerprint density at radius 3 is 2.72 bits per heavy atom. The molecule has 0 saturated heterocycles. The molecule has 0 fully saturated rings. The molecule has 0 aliphatic rings. The molecule has 0 atom stereocenters. The molecular formula is C17H23BrClN3O3. The number of carbonyl (C=O) groups is 1. The summed E-state index contributed by atoms with van der Waals surface area (Å²) in [5, 5.41) is 9.99. The molecule has 0 unspecified atom stereocenters. The van der Waals surface area contributed by atoms with Gasteiger partial charge >= 0.3 is 0 Å². The SMILES string of the molecule is CCCNCCNC(=O)c1ccc(OCc2cc(C)on2)c(Br)c1.Cl. The third kappa shape index (κ3) is 7.05. The molecule has 1 heterocycles. The monoisotopic (exact) mass is 431 g/mol. The highest BCUT2D eigenvalue weighted by molar-refractivity contribution is 9.10. The molecule has 0 aliphatic carbocycles. The van der Waals surface area contributed by atoms with E-state index in [1.807, 2.05) is 13.0 Å². The molecule has 25 heavy (non-hydrogen) atoms. The first-order chi connectivity index (χ1) is 11.6. The van der Waals surface area contributed by atoms with Gasteiger partial charge in [0.1, 0.15) is 23.8 Å². The van der Waals surface area contributed by atoms with Crippen molar-refractivity contribution in [1.82, 2.24) is 15.8 Å². The number of hydrogen-bond donors (Lipinski definition) is 2. The molecule has 2 aromatic rings. The number of halogens is 2. The molecule has 1 aromatic heterocycles. The third-order valence-electron chi connectivity index (χ3n) is 3.26. The van der Waals surface area contributed by atoms with Gasteiger partial charge in [0.15, 0.2) is 0 Å². The summed E-state index contributed by atoms with van der Waals surface area (Å²) in [6.45, 7) is 6.57. The Morgan fingerprint density at radius 2 is 2.08 bits per heavy atom. The van der Waals surface area contributed by atoms with Crippen LogP contribution in [0.25, 0.3) is 0 Å². The van der Waals surface area contributed by atoms with Crippen LogP contribution >= 0.6 is 28.3 Å². The van der Waals surface area contributed by atoms with Crippen molar-refractivity contribution in [2.75, 3.05) is 19.6 Å². The van der Waals surface area contributed by atoms with E-state index in [9.17, 15) is 4.79 Å². The van der Waals surface area contributed by atoms with Gasteiger partial charge < -0.3 is 19.9 Å². The first-order valence-electron chi connectivity index (χ1n) is 7.93. The molecule has 6 nitrogen and oxygen atoms in total. The maximum absolute atomic E-state index is 12.1. The van der Waals surface area contributed by atoms with E-state index in [4.69, 9.17) is 9.26 Å². The van der Waals surface area contributed by atoms with E-state index in [0.29, 0.717) is 24.5 Å². The Hall–Kier alpha value is -1.57. The fourth-order valence-corrected chi connectivity index (χ4v) is 2.56. The number of rotatable bonds is 9. The predicted octanol–water partition coefficient (Wildman–Crippen LogP) is 3.48. The second kappa shape index (κ2) is 11.1. The molecule has 0 aliphatic heterocycles. The van der Waals surface area contributed by atoms with Gasteiger partial charge in [0.2, 0.25) is 0 Å². The van der Waals surface area contributed by atoms with Crippen LogP contribution in [0.2, 0.25) is 0 Å². The van der Waals surface area contributed by atoms with E-state index in [0.717, 1.165) is 35.4 Å². The van der Waals surface area contributed by atoms with Gasteiger partial charge in [0.05, 0.1) is 4.47 Å². The number of nitrogens with zero attached hydrogens (tertiary/aromatic N) is 1. The van der Waals surface area contributed by atoms with Crippen molar-refractivity contribution in [1.29, 1.82) is 0 Å². The number of amides is 1. The summed E-state index contributed by atoms with van der Waals surface area (Å²) < 4.78 is 11.4. The van der Waals surface area contributed by atoms with Crippen LogP contribution in [0.3, 0.4) is 0 Å². The van der Waals surface area contributed by atoms with Crippen molar-refractivity contribution < 1.29 is 14.1 Å². The van der Waals surface area contributed by atoms with Gasteiger partial charge in [0, 0.05) is 24.7 Å². The highest BCUT2D eigenvalue weighted by Crippen LogP contribution is 2.26. The number of aromatic nitrogens is 1. The van der Waals surface area contributed by atoms with Crippen LogP contribution in [0.15, 0.2) is 33.3 Å². The summed E-state index contributed by atoms with van der Waals surface area (Å²) in [4.78, 5) is 12.1. The van der Waals surface area contributed by atoms with Crippen LogP contribution in [0.4, 0.5) is 0 Å². The molecule has 8 heteroatoms. The molecule has 2 N–H and O–H groups in total. The fourth-order valence-electron chi connectivity index (χ4n) is 2.07. The molecule has 1 aromatic carbocycles. The molecule has 138 valence electrons. The van der Waals surface area contributed by atoms with E-state index in [2.05, 4.69) is 38.6 Å². The van der Waals surface area contributed by atoms with Gasteiger partial charge in [-0.25, -0.2) is 0 Å². The quantitative estimate of drug-likeness (QED) is 0.593. The Morgan fingerprint density at radius 1 is 1.28 bits per heavy atom. The summed E-state index contributed by atoms with van der Waals surface area (Å²) in [6.07, 6.45) is 1.08. The Balaban J connectivity index is 0.00000312. The van der Waals surface area contributed by atoms with Crippen molar-refractivity contribution in [3.63, 3.8) is 0 Å². The van der Waals surface area contributed by atoms with Crippen LogP contribution in [0, 0.1) is 6.92 Å². The minimum atomic E-state index is -0.104. The standard InChI is InChI=1S/C17H22BrN3O3.ClH/c1-3-6-19-7-8-20-17(22)13-4-5-16(15(18)10-13)23-11-14-9-12(2)24-21-14;/h4-5,9-10,19H,3,6-8,11H2,1-2H3,(H,20,22);1H. The minimum Gasteiger partial charge on any atom is -0.486 e. The summed E-state index contributed by atoms with van der Waals surface area (Å²) in [6, 6.07) is 7.07. The highest BCUT2D eigenvalue weighted by Gasteiger charge is 2.10. The molecule has 2 rings (SSSR count). The summed E-state index contributed by atoms with van der Waals surface area (Å²) in [5.74, 6) is 1.29. The zero-order chi connectivity index (χ0) is 17.4. The number of aryl methyl sites for hydroxylation is 1. The van der Waals surface area contributed by atoms with Gasteiger partial charge in [-0.15, -0.1) is 12.4 Å².